The molecule has 0 atom stereocenters. The standard InChI is InChI=1S/C13H12N4O/c1-9-12(10(2)18-16-9)13-14-8-15-17(13)11-6-4-3-5-7-11/h3-8H,1-2H3. The number of hydrogen-bond acceptors (Lipinski definition) is 4. The second kappa shape index (κ2) is 4.10. The SMILES string of the molecule is Cc1noc(C)c1-c1ncnn1-c1ccccc1. The van der Waals surface area contributed by atoms with Crippen LogP contribution in [-0.4, -0.2) is 19.9 Å². The van der Waals surface area contributed by atoms with Crippen LogP contribution in [0.15, 0.2) is 41.2 Å². The molecule has 90 valence electrons. The molecule has 0 aliphatic carbocycles. The molecule has 2 heterocycles. The van der Waals surface area contributed by atoms with Crippen molar-refractivity contribution in [3.05, 3.63) is 48.1 Å². The lowest BCUT2D eigenvalue weighted by molar-refractivity contribution is 0.393. The molecule has 0 aliphatic heterocycles. The quantitative estimate of drug-likeness (QED) is 0.690. The summed E-state index contributed by atoms with van der Waals surface area (Å²) < 4.78 is 6.96. The molecule has 2 aromatic heterocycles. The molecule has 5 heteroatoms. The first-order chi connectivity index (χ1) is 8.77. The molecule has 0 saturated heterocycles. The number of nitrogens with zero attached hydrogens (tertiary/aromatic N) is 4. The lowest BCUT2D eigenvalue weighted by Crippen LogP contribution is -2.00. The summed E-state index contributed by atoms with van der Waals surface area (Å²) in [5, 5.41) is 8.21. The van der Waals surface area contributed by atoms with Crippen LogP contribution in [0.2, 0.25) is 0 Å². The van der Waals surface area contributed by atoms with E-state index in [1.54, 1.807) is 4.68 Å². The van der Waals surface area contributed by atoms with E-state index in [1.165, 1.54) is 6.33 Å². The van der Waals surface area contributed by atoms with Gasteiger partial charge in [0.05, 0.1) is 16.9 Å². The van der Waals surface area contributed by atoms with Crippen molar-refractivity contribution in [2.24, 2.45) is 0 Å². The molecule has 3 rings (SSSR count). The molecule has 0 unspecified atom stereocenters. The van der Waals surface area contributed by atoms with Crippen LogP contribution < -0.4 is 0 Å². The first kappa shape index (κ1) is 10.7. The van der Waals surface area contributed by atoms with E-state index < -0.39 is 0 Å². The Balaban J connectivity index is 2.19. The van der Waals surface area contributed by atoms with E-state index in [9.17, 15) is 0 Å². The van der Waals surface area contributed by atoms with E-state index >= 15 is 0 Å². The second-order valence-electron chi connectivity index (χ2n) is 4.03. The zero-order chi connectivity index (χ0) is 12.5. The molecule has 0 bridgehead atoms. The van der Waals surface area contributed by atoms with Crippen LogP contribution in [0, 0.1) is 13.8 Å². The summed E-state index contributed by atoms with van der Waals surface area (Å²) in [6, 6.07) is 9.87. The van der Waals surface area contributed by atoms with Gasteiger partial charge in [-0.1, -0.05) is 23.4 Å². The Labute approximate surface area is 104 Å². The number of aryl methyl sites for hydroxylation is 2. The van der Waals surface area contributed by atoms with Gasteiger partial charge in [-0.15, -0.1) is 0 Å². The highest BCUT2D eigenvalue weighted by Crippen LogP contribution is 2.26. The summed E-state index contributed by atoms with van der Waals surface area (Å²) in [5.74, 6) is 1.50. The van der Waals surface area contributed by atoms with Crippen LogP contribution in [0.25, 0.3) is 17.1 Å². The molecule has 1 aromatic carbocycles. The van der Waals surface area contributed by atoms with Crippen molar-refractivity contribution in [3.8, 4) is 17.1 Å². The van der Waals surface area contributed by atoms with E-state index in [0.29, 0.717) is 0 Å². The number of aromatic nitrogens is 4. The Bertz CT molecular complexity index is 650. The van der Waals surface area contributed by atoms with Crippen molar-refractivity contribution in [2.45, 2.75) is 13.8 Å². The fraction of sp³-hybridized carbons (Fsp3) is 0.154. The minimum Gasteiger partial charge on any atom is -0.361 e. The van der Waals surface area contributed by atoms with Gasteiger partial charge in [0, 0.05) is 0 Å². The Kier molecular flexibility index (Phi) is 2.44. The average Bonchev–Trinajstić information content (AvgIpc) is 2.97. The van der Waals surface area contributed by atoms with Gasteiger partial charge in [0.1, 0.15) is 12.1 Å². The van der Waals surface area contributed by atoms with E-state index in [1.807, 2.05) is 44.2 Å². The maximum Gasteiger partial charge on any atom is 0.168 e. The van der Waals surface area contributed by atoms with Crippen LogP contribution in [0.3, 0.4) is 0 Å². The van der Waals surface area contributed by atoms with E-state index in [2.05, 4.69) is 15.2 Å². The molecular formula is C13H12N4O. The van der Waals surface area contributed by atoms with Gasteiger partial charge >= 0.3 is 0 Å². The van der Waals surface area contributed by atoms with Gasteiger partial charge in [-0.3, -0.25) is 0 Å². The fourth-order valence-corrected chi connectivity index (χ4v) is 1.97. The fourth-order valence-electron chi connectivity index (χ4n) is 1.97. The van der Waals surface area contributed by atoms with Gasteiger partial charge in [-0.25, -0.2) is 9.67 Å². The predicted molar refractivity (Wildman–Crippen MR) is 66.3 cm³/mol. The number of rotatable bonds is 2. The molecule has 5 nitrogen and oxygen atoms in total. The largest absolute Gasteiger partial charge is 0.361 e. The molecule has 0 N–H and O–H groups in total. The molecule has 0 spiro atoms. The summed E-state index contributed by atoms with van der Waals surface area (Å²) in [4.78, 5) is 4.31. The van der Waals surface area contributed by atoms with Gasteiger partial charge in [0.25, 0.3) is 0 Å². The van der Waals surface area contributed by atoms with E-state index in [0.717, 1.165) is 28.5 Å². The van der Waals surface area contributed by atoms with Crippen molar-refractivity contribution < 1.29 is 4.52 Å². The zero-order valence-electron chi connectivity index (χ0n) is 10.2. The third-order valence-electron chi connectivity index (χ3n) is 2.81. The Hall–Kier alpha value is -2.43. The summed E-state index contributed by atoms with van der Waals surface area (Å²) in [6.45, 7) is 3.77. The molecule has 0 saturated carbocycles. The summed E-state index contributed by atoms with van der Waals surface area (Å²) in [7, 11) is 0. The number of benzene rings is 1. The van der Waals surface area contributed by atoms with Gasteiger partial charge in [0.15, 0.2) is 5.82 Å². The Morgan fingerprint density at radius 3 is 2.56 bits per heavy atom. The summed E-state index contributed by atoms with van der Waals surface area (Å²) in [5.41, 5.74) is 2.68. The zero-order valence-corrected chi connectivity index (χ0v) is 10.2. The van der Waals surface area contributed by atoms with Crippen LogP contribution >= 0.6 is 0 Å². The molecule has 3 aromatic rings. The van der Waals surface area contributed by atoms with E-state index in [-0.39, 0.29) is 0 Å². The second-order valence-corrected chi connectivity index (χ2v) is 4.03. The maximum absolute atomic E-state index is 5.18. The van der Waals surface area contributed by atoms with Crippen molar-refractivity contribution in [3.63, 3.8) is 0 Å². The highest BCUT2D eigenvalue weighted by atomic mass is 16.5. The van der Waals surface area contributed by atoms with Crippen molar-refractivity contribution >= 4 is 0 Å². The Morgan fingerprint density at radius 2 is 1.89 bits per heavy atom. The molecule has 0 fully saturated rings. The molecule has 0 radical (unpaired) electrons. The van der Waals surface area contributed by atoms with Crippen LogP contribution in [0.1, 0.15) is 11.5 Å². The lowest BCUT2D eigenvalue weighted by atomic mass is 10.2. The minimum atomic E-state index is 0.748. The molecular weight excluding hydrogens is 228 g/mol. The van der Waals surface area contributed by atoms with Gasteiger partial charge < -0.3 is 4.52 Å². The predicted octanol–water partition coefficient (Wildman–Crippen LogP) is 2.54. The van der Waals surface area contributed by atoms with E-state index in [4.69, 9.17) is 4.52 Å². The van der Waals surface area contributed by atoms with Crippen LogP contribution in [0.5, 0.6) is 0 Å². The third-order valence-corrected chi connectivity index (χ3v) is 2.81. The van der Waals surface area contributed by atoms with Gasteiger partial charge in [-0.05, 0) is 26.0 Å². The number of hydrogen-bond donors (Lipinski definition) is 0. The summed E-state index contributed by atoms with van der Waals surface area (Å²) in [6.07, 6.45) is 1.54. The lowest BCUT2D eigenvalue weighted by Gasteiger charge is -2.04. The van der Waals surface area contributed by atoms with Gasteiger partial charge in [0.2, 0.25) is 0 Å². The monoisotopic (exact) mass is 240 g/mol. The number of para-hydroxylation sites is 1. The van der Waals surface area contributed by atoms with Crippen molar-refractivity contribution in [1.29, 1.82) is 0 Å². The Morgan fingerprint density at radius 1 is 1.11 bits per heavy atom. The average molecular weight is 240 g/mol. The normalized spacial score (nSPS) is 10.8. The smallest absolute Gasteiger partial charge is 0.168 e. The first-order valence-electron chi connectivity index (χ1n) is 5.66. The van der Waals surface area contributed by atoms with Crippen LogP contribution in [0.4, 0.5) is 0 Å². The summed E-state index contributed by atoms with van der Waals surface area (Å²) >= 11 is 0. The molecule has 0 amide bonds. The minimum absolute atomic E-state index is 0.748. The van der Waals surface area contributed by atoms with Crippen molar-refractivity contribution in [1.82, 2.24) is 19.9 Å². The topological polar surface area (TPSA) is 56.7 Å². The highest BCUT2D eigenvalue weighted by Gasteiger charge is 2.17. The third kappa shape index (κ3) is 1.60. The molecule has 0 aliphatic rings. The van der Waals surface area contributed by atoms with Gasteiger partial charge in [-0.2, -0.15) is 5.10 Å². The highest BCUT2D eigenvalue weighted by molar-refractivity contribution is 5.62. The first-order valence-corrected chi connectivity index (χ1v) is 5.66. The maximum atomic E-state index is 5.18. The molecule has 18 heavy (non-hydrogen) atoms. The van der Waals surface area contributed by atoms with Crippen LogP contribution in [-0.2, 0) is 0 Å². The van der Waals surface area contributed by atoms with Crippen molar-refractivity contribution in [2.75, 3.05) is 0 Å².